The lowest BCUT2D eigenvalue weighted by Crippen LogP contribution is -2.49. The van der Waals surface area contributed by atoms with Gasteiger partial charge in [0, 0.05) is 6.04 Å². The van der Waals surface area contributed by atoms with Crippen molar-refractivity contribution >= 4 is 5.91 Å². The lowest BCUT2D eigenvalue weighted by molar-refractivity contribution is -0.131. The summed E-state index contributed by atoms with van der Waals surface area (Å²) in [7, 11) is 0. The summed E-state index contributed by atoms with van der Waals surface area (Å²) in [4.78, 5) is 12.2. The Morgan fingerprint density at radius 3 is 2.95 bits per heavy atom. The number of benzene rings is 1. The molecule has 3 atom stereocenters. The van der Waals surface area contributed by atoms with Crippen LogP contribution in [0, 0.1) is 5.92 Å². The van der Waals surface area contributed by atoms with Gasteiger partial charge >= 0.3 is 0 Å². The number of ether oxygens (including phenoxy) is 2. The maximum atomic E-state index is 12.2. The van der Waals surface area contributed by atoms with E-state index in [2.05, 4.69) is 10.6 Å². The first-order chi connectivity index (χ1) is 9.74. The molecule has 5 heteroatoms. The molecule has 0 aliphatic carbocycles. The van der Waals surface area contributed by atoms with Crippen molar-refractivity contribution in [1.82, 2.24) is 10.6 Å². The topological polar surface area (TPSA) is 59.6 Å². The molecule has 1 aromatic rings. The van der Waals surface area contributed by atoms with Crippen LogP contribution >= 0.6 is 0 Å². The van der Waals surface area contributed by atoms with E-state index in [0.717, 1.165) is 19.5 Å². The molecular formula is C15H20N2O3. The van der Waals surface area contributed by atoms with Crippen LogP contribution < -0.4 is 20.1 Å². The lowest BCUT2D eigenvalue weighted by Gasteiger charge is -2.28. The summed E-state index contributed by atoms with van der Waals surface area (Å²) in [5, 5.41) is 6.35. The molecule has 2 N–H and O–H groups in total. The minimum atomic E-state index is -0.568. The number of para-hydroxylation sites is 2. The Morgan fingerprint density at radius 1 is 1.40 bits per heavy atom. The zero-order valence-electron chi connectivity index (χ0n) is 11.6. The van der Waals surface area contributed by atoms with Crippen LogP contribution in [0.25, 0.3) is 0 Å². The first kappa shape index (κ1) is 13.2. The van der Waals surface area contributed by atoms with Gasteiger partial charge in [-0.25, -0.2) is 0 Å². The number of fused-ring (bicyclic) bond motifs is 1. The third kappa shape index (κ3) is 2.72. The number of hydrogen-bond acceptors (Lipinski definition) is 4. The van der Waals surface area contributed by atoms with E-state index in [0.29, 0.717) is 17.4 Å². The first-order valence-corrected chi connectivity index (χ1v) is 7.13. The maximum Gasteiger partial charge on any atom is 0.264 e. The van der Waals surface area contributed by atoms with Crippen LogP contribution in [0.2, 0.25) is 0 Å². The summed E-state index contributed by atoms with van der Waals surface area (Å²) in [6.45, 7) is 4.30. The Balaban J connectivity index is 1.58. The summed E-state index contributed by atoms with van der Waals surface area (Å²) in [6, 6.07) is 7.57. The van der Waals surface area contributed by atoms with Gasteiger partial charge in [0.25, 0.3) is 5.91 Å². The number of hydrogen-bond donors (Lipinski definition) is 2. The second-order valence-electron chi connectivity index (χ2n) is 5.41. The second-order valence-corrected chi connectivity index (χ2v) is 5.41. The number of rotatable bonds is 3. The highest BCUT2D eigenvalue weighted by Crippen LogP contribution is 2.30. The van der Waals surface area contributed by atoms with E-state index in [4.69, 9.17) is 9.47 Å². The molecule has 3 rings (SSSR count). The summed E-state index contributed by atoms with van der Waals surface area (Å²) >= 11 is 0. The van der Waals surface area contributed by atoms with Crippen molar-refractivity contribution in [3.63, 3.8) is 0 Å². The van der Waals surface area contributed by atoms with Gasteiger partial charge in [-0.15, -0.1) is 0 Å². The number of carbonyl (C=O) groups is 1. The third-order valence-corrected chi connectivity index (χ3v) is 3.98. The van der Waals surface area contributed by atoms with Crippen LogP contribution in [-0.4, -0.2) is 37.7 Å². The number of nitrogens with one attached hydrogen (secondary N) is 2. The van der Waals surface area contributed by atoms with Crippen molar-refractivity contribution in [3.05, 3.63) is 24.3 Å². The Bertz CT molecular complexity index is 486. The summed E-state index contributed by atoms with van der Waals surface area (Å²) < 4.78 is 11.3. The van der Waals surface area contributed by atoms with Crippen LogP contribution in [-0.2, 0) is 4.79 Å². The Labute approximate surface area is 118 Å². The second kappa shape index (κ2) is 5.71. The van der Waals surface area contributed by atoms with Crippen LogP contribution in [0.15, 0.2) is 24.3 Å². The molecule has 0 saturated carbocycles. The van der Waals surface area contributed by atoms with E-state index >= 15 is 0 Å². The predicted octanol–water partition coefficient (Wildman–Crippen LogP) is 0.941. The van der Waals surface area contributed by atoms with Crippen molar-refractivity contribution in [1.29, 1.82) is 0 Å². The van der Waals surface area contributed by atoms with E-state index < -0.39 is 6.10 Å². The lowest BCUT2D eigenvalue weighted by atomic mass is 10.0. The summed E-state index contributed by atoms with van der Waals surface area (Å²) in [6.07, 6.45) is 0.536. The van der Waals surface area contributed by atoms with Gasteiger partial charge in [-0.3, -0.25) is 4.79 Å². The fourth-order valence-electron chi connectivity index (χ4n) is 2.69. The van der Waals surface area contributed by atoms with Crippen molar-refractivity contribution in [2.75, 3.05) is 19.7 Å². The molecule has 0 aromatic heterocycles. The zero-order valence-corrected chi connectivity index (χ0v) is 11.6. The average molecular weight is 276 g/mol. The standard InChI is InChI=1S/C15H20N2O3/c1-10(11-6-7-16-8-11)17-15(18)14-9-19-12-4-2-3-5-13(12)20-14/h2-5,10-11,14,16H,6-9H2,1H3,(H,17,18). The summed E-state index contributed by atoms with van der Waals surface area (Å²) in [5.74, 6) is 1.73. The Kier molecular flexibility index (Phi) is 3.78. The minimum absolute atomic E-state index is 0.0982. The smallest absolute Gasteiger partial charge is 0.264 e. The van der Waals surface area contributed by atoms with Gasteiger partial charge in [-0.05, 0) is 44.5 Å². The molecule has 0 spiro atoms. The maximum absolute atomic E-state index is 12.2. The van der Waals surface area contributed by atoms with Crippen LogP contribution in [0.4, 0.5) is 0 Å². The molecule has 20 heavy (non-hydrogen) atoms. The molecule has 3 unspecified atom stereocenters. The predicted molar refractivity (Wildman–Crippen MR) is 74.9 cm³/mol. The van der Waals surface area contributed by atoms with Crippen molar-refractivity contribution < 1.29 is 14.3 Å². The van der Waals surface area contributed by atoms with E-state index in [9.17, 15) is 4.79 Å². The molecular weight excluding hydrogens is 256 g/mol. The van der Waals surface area contributed by atoms with Gasteiger partial charge in [0.1, 0.15) is 6.61 Å². The quantitative estimate of drug-likeness (QED) is 0.862. The Hall–Kier alpha value is -1.75. The van der Waals surface area contributed by atoms with E-state index in [1.165, 1.54) is 0 Å². The van der Waals surface area contributed by atoms with E-state index in [1.807, 2.05) is 31.2 Å². The number of carbonyl (C=O) groups excluding carboxylic acids is 1. The fraction of sp³-hybridized carbons (Fsp3) is 0.533. The largest absolute Gasteiger partial charge is 0.485 e. The monoisotopic (exact) mass is 276 g/mol. The highest BCUT2D eigenvalue weighted by Gasteiger charge is 2.30. The van der Waals surface area contributed by atoms with Crippen LogP contribution in [0.3, 0.4) is 0 Å². The summed E-state index contributed by atoms with van der Waals surface area (Å²) in [5.41, 5.74) is 0. The molecule has 1 amide bonds. The molecule has 1 fully saturated rings. The van der Waals surface area contributed by atoms with Gasteiger partial charge in [0.2, 0.25) is 6.10 Å². The SMILES string of the molecule is CC(NC(=O)C1COc2ccccc2O1)C1CCNC1. The van der Waals surface area contributed by atoms with E-state index in [1.54, 1.807) is 0 Å². The van der Waals surface area contributed by atoms with Gasteiger partial charge in [0.05, 0.1) is 0 Å². The van der Waals surface area contributed by atoms with Crippen LogP contribution in [0.5, 0.6) is 11.5 Å². The van der Waals surface area contributed by atoms with Crippen molar-refractivity contribution in [2.24, 2.45) is 5.92 Å². The number of amides is 1. The molecule has 2 heterocycles. The van der Waals surface area contributed by atoms with Gasteiger partial charge < -0.3 is 20.1 Å². The molecule has 0 radical (unpaired) electrons. The molecule has 5 nitrogen and oxygen atoms in total. The van der Waals surface area contributed by atoms with Crippen LogP contribution in [0.1, 0.15) is 13.3 Å². The molecule has 108 valence electrons. The van der Waals surface area contributed by atoms with Gasteiger partial charge in [-0.1, -0.05) is 12.1 Å². The van der Waals surface area contributed by atoms with Crippen molar-refractivity contribution in [2.45, 2.75) is 25.5 Å². The molecule has 1 aromatic carbocycles. The highest BCUT2D eigenvalue weighted by molar-refractivity contribution is 5.82. The third-order valence-electron chi connectivity index (χ3n) is 3.98. The normalized spacial score (nSPS) is 26.1. The zero-order chi connectivity index (χ0) is 13.9. The molecule has 1 saturated heterocycles. The first-order valence-electron chi connectivity index (χ1n) is 7.13. The average Bonchev–Trinajstić information content (AvgIpc) is 3.01. The minimum Gasteiger partial charge on any atom is -0.485 e. The van der Waals surface area contributed by atoms with Crippen molar-refractivity contribution in [3.8, 4) is 11.5 Å². The van der Waals surface area contributed by atoms with E-state index in [-0.39, 0.29) is 18.6 Å². The van der Waals surface area contributed by atoms with Gasteiger partial charge in [0.15, 0.2) is 11.5 Å². The molecule has 0 bridgehead atoms. The molecule has 2 aliphatic rings. The fourth-order valence-corrected chi connectivity index (χ4v) is 2.69. The molecule has 2 aliphatic heterocycles. The Morgan fingerprint density at radius 2 is 2.20 bits per heavy atom. The highest BCUT2D eigenvalue weighted by atomic mass is 16.6. The van der Waals surface area contributed by atoms with Gasteiger partial charge in [-0.2, -0.15) is 0 Å².